The second-order valence-corrected chi connectivity index (χ2v) is 7.60. The van der Waals surface area contributed by atoms with Crippen LogP contribution in [0.3, 0.4) is 0 Å². The summed E-state index contributed by atoms with van der Waals surface area (Å²) < 4.78 is 4.64. The highest BCUT2D eigenvalue weighted by molar-refractivity contribution is 8.16. The Kier molecular flexibility index (Phi) is 5.50. The fraction of sp³-hybridized carbons (Fsp3) is 0.467. The molecule has 1 fully saturated rings. The van der Waals surface area contributed by atoms with E-state index in [-0.39, 0.29) is 24.3 Å². The van der Waals surface area contributed by atoms with Crippen molar-refractivity contribution < 1.29 is 19.4 Å². The van der Waals surface area contributed by atoms with E-state index in [0.717, 1.165) is 22.2 Å². The molecular weight excluding hydrogens is 326 g/mol. The fourth-order valence-corrected chi connectivity index (χ4v) is 3.07. The first-order valence-electron chi connectivity index (χ1n) is 6.85. The molecule has 0 spiro atoms. The zero-order valence-electron chi connectivity index (χ0n) is 12.4. The summed E-state index contributed by atoms with van der Waals surface area (Å²) >= 11 is 6.77. The standard InChI is InChI=1S/C15H18ClNO4S/c1-15(2)13(19)17(14(20)22-15)7-12(18)9-21-8-10-3-5-11(16)6-4-10/h3-6,12,18H,7-9H2,1-2H3/t12-/m0/s1. The molecule has 1 heterocycles. The SMILES string of the molecule is CC1(C)SC(=O)N(C[C@H](O)COCc2ccc(Cl)cc2)C1=O. The van der Waals surface area contributed by atoms with E-state index in [9.17, 15) is 14.7 Å². The van der Waals surface area contributed by atoms with Crippen LogP contribution in [0.5, 0.6) is 0 Å². The average molecular weight is 344 g/mol. The Morgan fingerprint density at radius 1 is 1.32 bits per heavy atom. The van der Waals surface area contributed by atoms with Gasteiger partial charge in [0, 0.05) is 5.02 Å². The molecule has 2 amide bonds. The van der Waals surface area contributed by atoms with Gasteiger partial charge in [0.25, 0.3) is 5.24 Å². The van der Waals surface area contributed by atoms with Gasteiger partial charge in [-0.3, -0.25) is 14.5 Å². The summed E-state index contributed by atoms with van der Waals surface area (Å²) in [6, 6.07) is 7.19. The Hall–Kier alpha value is -1.08. The number of thioether (sulfide) groups is 1. The molecule has 120 valence electrons. The number of carbonyl (C=O) groups excluding carboxylic acids is 2. The average Bonchev–Trinajstić information content (AvgIpc) is 2.63. The largest absolute Gasteiger partial charge is 0.389 e. The van der Waals surface area contributed by atoms with Gasteiger partial charge in [0.05, 0.1) is 30.6 Å². The molecule has 1 aromatic carbocycles. The van der Waals surface area contributed by atoms with Gasteiger partial charge in [-0.1, -0.05) is 23.7 Å². The van der Waals surface area contributed by atoms with Crippen molar-refractivity contribution in [2.24, 2.45) is 0 Å². The van der Waals surface area contributed by atoms with Crippen LogP contribution < -0.4 is 0 Å². The third-order valence-electron chi connectivity index (χ3n) is 3.21. The van der Waals surface area contributed by atoms with Crippen LogP contribution in [0, 0.1) is 0 Å². The van der Waals surface area contributed by atoms with E-state index in [1.165, 1.54) is 0 Å². The number of β-amino-alcohol motifs (C(OH)–C–C–N with tert-alkyl or cyclic N) is 1. The number of aliphatic hydroxyl groups excluding tert-OH is 1. The summed E-state index contributed by atoms with van der Waals surface area (Å²) in [5.74, 6) is -0.278. The van der Waals surface area contributed by atoms with Crippen LogP contribution in [0.15, 0.2) is 24.3 Å². The third-order valence-corrected chi connectivity index (χ3v) is 4.54. The summed E-state index contributed by atoms with van der Waals surface area (Å²) in [4.78, 5) is 24.9. The van der Waals surface area contributed by atoms with E-state index in [4.69, 9.17) is 16.3 Å². The van der Waals surface area contributed by atoms with E-state index in [0.29, 0.717) is 11.6 Å². The molecule has 2 rings (SSSR count). The number of amides is 2. The van der Waals surface area contributed by atoms with Crippen LogP contribution in [0.25, 0.3) is 0 Å². The summed E-state index contributed by atoms with van der Waals surface area (Å²) in [6.07, 6.45) is -0.908. The topological polar surface area (TPSA) is 66.8 Å². The number of carbonyl (C=O) groups is 2. The first-order valence-corrected chi connectivity index (χ1v) is 8.04. The van der Waals surface area contributed by atoms with Crippen LogP contribution in [0.4, 0.5) is 4.79 Å². The van der Waals surface area contributed by atoms with Crippen molar-refractivity contribution in [3.05, 3.63) is 34.9 Å². The Balaban J connectivity index is 1.78. The van der Waals surface area contributed by atoms with Gasteiger partial charge in [0.1, 0.15) is 0 Å². The number of benzene rings is 1. The van der Waals surface area contributed by atoms with Gasteiger partial charge in [0.2, 0.25) is 5.91 Å². The van der Waals surface area contributed by atoms with Crippen molar-refractivity contribution in [1.29, 1.82) is 0 Å². The lowest BCUT2D eigenvalue weighted by atomic mass is 10.2. The minimum atomic E-state index is -0.908. The van der Waals surface area contributed by atoms with Crippen LogP contribution >= 0.6 is 23.4 Å². The molecule has 0 aromatic heterocycles. The van der Waals surface area contributed by atoms with E-state index < -0.39 is 10.9 Å². The predicted molar refractivity (Wildman–Crippen MR) is 85.9 cm³/mol. The zero-order chi connectivity index (χ0) is 16.3. The van der Waals surface area contributed by atoms with Crippen molar-refractivity contribution in [2.45, 2.75) is 31.3 Å². The minimum Gasteiger partial charge on any atom is -0.389 e. The number of halogens is 1. The highest BCUT2D eigenvalue weighted by atomic mass is 35.5. The smallest absolute Gasteiger partial charge is 0.289 e. The molecule has 0 radical (unpaired) electrons. The van der Waals surface area contributed by atoms with Gasteiger partial charge in [-0.25, -0.2) is 0 Å². The molecule has 1 aliphatic rings. The zero-order valence-corrected chi connectivity index (χ0v) is 14.0. The number of nitrogens with zero attached hydrogens (tertiary/aromatic N) is 1. The minimum absolute atomic E-state index is 0.0464. The van der Waals surface area contributed by atoms with Gasteiger partial charge in [-0.2, -0.15) is 0 Å². The van der Waals surface area contributed by atoms with Gasteiger partial charge in [0.15, 0.2) is 0 Å². The number of aliphatic hydroxyl groups is 1. The van der Waals surface area contributed by atoms with Crippen LogP contribution in [0.2, 0.25) is 5.02 Å². The molecule has 1 aliphatic heterocycles. The summed E-state index contributed by atoms with van der Waals surface area (Å²) in [5, 5.41) is 10.3. The first kappa shape index (κ1) is 17.3. The van der Waals surface area contributed by atoms with Crippen molar-refractivity contribution >= 4 is 34.5 Å². The summed E-state index contributed by atoms with van der Waals surface area (Å²) in [7, 11) is 0. The van der Waals surface area contributed by atoms with Gasteiger partial charge in [-0.15, -0.1) is 0 Å². The van der Waals surface area contributed by atoms with Gasteiger partial charge < -0.3 is 9.84 Å². The monoisotopic (exact) mass is 343 g/mol. The first-order chi connectivity index (χ1) is 10.3. The summed E-state index contributed by atoms with van der Waals surface area (Å²) in [5.41, 5.74) is 0.932. The Bertz CT molecular complexity index is 561. The summed E-state index contributed by atoms with van der Waals surface area (Å²) in [6.45, 7) is 3.72. The number of rotatable bonds is 6. The molecule has 5 nitrogen and oxygen atoms in total. The predicted octanol–water partition coefficient (Wildman–Crippen LogP) is 2.69. The molecule has 1 aromatic rings. The number of imide groups is 1. The van der Waals surface area contributed by atoms with Crippen LogP contribution in [-0.2, 0) is 16.1 Å². The maximum Gasteiger partial charge on any atom is 0.289 e. The van der Waals surface area contributed by atoms with Crippen molar-refractivity contribution in [2.75, 3.05) is 13.2 Å². The van der Waals surface area contributed by atoms with Crippen LogP contribution in [0.1, 0.15) is 19.4 Å². The highest BCUT2D eigenvalue weighted by Gasteiger charge is 2.46. The molecule has 1 atom stereocenters. The van der Waals surface area contributed by atoms with Crippen molar-refractivity contribution in [3.63, 3.8) is 0 Å². The normalized spacial score (nSPS) is 18.8. The molecule has 7 heteroatoms. The Morgan fingerprint density at radius 3 is 2.50 bits per heavy atom. The Labute approximate surface area is 138 Å². The second-order valence-electron chi connectivity index (χ2n) is 5.59. The quantitative estimate of drug-likeness (QED) is 0.860. The Morgan fingerprint density at radius 2 is 1.95 bits per heavy atom. The van der Waals surface area contributed by atoms with E-state index in [1.807, 2.05) is 12.1 Å². The van der Waals surface area contributed by atoms with Gasteiger partial charge in [-0.05, 0) is 43.3 Å². The fourth-order valence-electron chi connectivity index (χ4n) is 2.04. The highest BCUT2D eigenvalue weighted by Crippen LogP contribution is 2.36. The molecule has 22 heavy (non-hydrogen) atoms. The third kappa shape index (κ3) is 4.23. The lowest BCUT2D eigenvalue weighted by Crippen LogP contribution is -2.41. The second kappa shape index (κ2) is 7.00. The van der Waals surface area contributed by atoms with Gasteiger partial charge >= 0.3 is 0 Å². The maximum absolute atomic E-state index is 12.0. The molecule has 1 N–H and O–H groups in total. The lowest BCUT2D eigenvalue weighted by molar-refractivity contribution is -0.130. The van der Waals surface area contributed by atoms with E-state index in [1.54, 1.807) is 26.0 Å². The maximum atomic E-state index is 12.0. The van der Waals surface area contributed by atoms with E-state index >= 15 is 0 Å². The lowest BCUT2D eigenvalue weighted by Gasteiger charge is -2.19. The number of hydrogen-bond donors (Lipinski definition) is 1. The van der Waals surface area contributed by atoms with Crippen molar-refractivity contribution in [1.82, 2.24) is 4.90 Å². The van der Waals surface area contributed by atoms with Crippen molar-refractivity contribution in [3.8, 4) is 0 Å². The molecular formula is C15H18ClNO4S. The molecule has 0 bridgehead atoms. The molecule has 0 aliphatic carbocycles. The number of ether oxygens (including phenoxy) is 1. The van der Waals surface area contributed by atoms with Crippen LogP contribution in [-0.4, -0.2) is 45.2 Å². The number of hydrogen-bond acceptors (Lipinski definition) is 5. The molecule has 1 saturated heterocycles. The van der Waals surface area contributed by atoms with E-state index in [2.05, 4.69) is 0 Å². The molecule has 0 saturated carbocycles. The molecule has 0 unspecified atom stereocenters.